The Bertz CT molecular complexity index is 1290. The van der Waals surface area contributed by atoms with Crippen LogP contribution in [0, 0.1) is 0 Å². The number of carbonyl (C=O) groups is 1. The monoisotopic (exact) mass is 472 g/mol. The number of fused-ring (bicyclic) bond motifs is 1. The maximum atomic E-state index is 13.3. The lowest BCUT2D eigenvalue weighted by atomic mass is 10.1. The Morgan fingerprint density at radius 3 is 2.48 bits per heavy atom. The standard InChI is InChI=1S/C23H28N4O5S/c1-23(2,3)27-19-8-6-5-7-18(19)24-22(27)25-21(28)17-15-16(9-10-20(17)31-4)33(29,30)26-11-13-32-14-12-26/h5-10,15H,11-14H2,1-4H3,(H,24,25,28). The van der Waals surface area contributed by atoms with Crippen LogP contribution in [0.5, 0.6) is 5.75 Å². The molecule has 4 rings (SSSR count). The number of sulfonamides is 1. The van der Waals surface area contributed by atoms with E-state index in [-0.39, 0.29) is 34.8 Å². The van der Waals surface area contributed by atoms with E-state index >= 15 is 0 Å². The van der Waals surface area contributed by atoms with Crippen molar-refractivity contribution in [2.45, 2.75) is 31.2 Å². The Hall–Kier alpha value is -2.95. The summed E-state index contributed by atoms with van der Waals surface area (Å²) >= 11 is 0. The largest absolute Gasteiger partial charge is 0.496 e. The molecule has 1 aliphatic rings. The zero-order chi connectivity index (χ0) is 23.8. The van der Waals surface area contributed by atoms with Gasteiger partial charge < -0.3 is 14.0 Å². The van der Waals surface area contributed by atoms with Crippen molar-refractivity contribution in [2.24, 2.45) is 0 Å². The number of benzene rings is 2. The summed E-state index contributed by atoms with van der Waals surface area (Å²) in [6.45, 7) is 7.28. The molecule has 2 heterocycles. The summed E-state index contributed by atoms with van der Waals surface area (Å²) in [5.41, 5.74) is 1.39. The SMILES string of the molecule is COc1ccc(S(=O)(=O)N2CCOCC2)cc1C(=O)Nc1nc2ccccc2n1C(C)(C)C. The van der Waals surface area contributed by atoms with Crippen molar-refractivity contribution in [1.29, 1.82) is 0 Å². The van der Waals surface area contributed by atoms with Crippen molar-refractivity contribution < 1.29 is 22.7 Å². The quantitative estimate of drug-likeness (QED) is 0.612. The summed E-state index contributed by atoms with van der Waals surface area (Å²) in [4.78, 5) is 18.0. The molecular formula is C23H28N4O5S. The zero-order valence-electron chi connectivity index (χ0n) is 19.2. The average molecular weight is 473 g/mol. The molecule has 1 aromatic heterocycles. The number of carbonyl (C=O) groups excluding carboxylic acids is 1. The average Bonchev–Trinajstić information content (AvgIpc) is 3.17. The summed E-state index contributed by atoms with van der Waals surface area (Å²) < 4.78 is 40.1. The number of hydrogen-bond donors (Lipinski definition) is 1. The van der Waals surface area contributed by atoms with E-state index in [1.54, 1.807) is 0 Å². The molecule has 3 aromatic rings. The van der Waals surface area contributed by atoms with Gasteiger partial charge in [-0.15, -0.1) is 0 Å². The van der Waals surface area contributed by atoms with Gasteiger partial charge in [-0.3, -0.25) is 10.1 Å². The van der Waals surface area contributed by atoms with E-state index < -0.39 is 15.9 Å². The summed E-state index contributed by atoms with van der Waals surface area (Å²) in [5, 5.41) is 2.86. The molecule has 1 fully saturated rings. The van der Waals surface area contributed by atoms with E-state index in [0.29, 0.717) is 19.2 Å². The second-order valence-corrected chi connectivity index (χ2v) is 10.7. The molecule has 10 heteroatoms. The van der Waals surface area contributed by atoms with Crippen LogP contribution in [0.15, 0.2) is 47.4 Å². The van der Waals surface area contributed by atoms with Crippen LogP contribution in [-0.2, 0) is 20.3 Å². The minimum atomic E-state index is -3.77. The molecular weight excluding hydrogens is 444 g/mol. The highest BCUT2D eigenvalue weighted by atomic mass is 32.2. The molecule has 33 heavy (non-hydrogen) atoms. The number of hydrogen-bond acceptors (Lipinski definition) is 6. The first-order valence-electron chi connectivity index (χ1n) is 10.7. The molecule has 2 aromatic carbocycles. The van der Waals surface area contributed by atoms with Gasteiger partial charge in [-0.1, -0.05) is 12.1 Å². The van der Waals surface area contributed by atoms with Crippen LogP contribution in [0.1, 0.15) is 31.1 Å². The zero-order valence-corrected chi connectivity index (χ0v) is 20.0. The molecule has 1 aliphatic heterocycles. The van der Waals surface area contributed by atoms with Crippen LogP contribution in [-0.4, -0.2) is 61.6 Å². The highest BCUT2D eigenvalue weighted by Crippen LogP contribution is 2.30. The lowest BCUT2D eigenvalue weighted by Crippen LogP contribution is -2.40. The second kappa shape index (κ2) is 8.77. The predicted molar refractivity (Wildman–Crippen MR) is 125 cm³/mol. The minimum Gasteiger partial charge on any atom is -0.496 e. The van der Waals surface area contributed by atoms with Crippen molar-refractivity contribution in [1.82, 2.24) is 13.9 Å². The molecule has 0 radical (unpaired) electrons. The molecule has 1 N–H and O–H groups in total. The van der Waals surface area contributed by atoms with Gasteiger partial charge >= 0.3 is 0 Å². The third kappa shape index (κ3) is 4.46. The first-order valence-corrected chi connectivity index (χ1v) is 12.1. The topological polar surface area (TPSA) is 103 Å². The van der Waals surface area contributed by atoms with Crippen molar-refractivity contribution in [2.75, 3.05) is 38.7 Å². The smallest absolute Gasteiger partial charge is 0.261 e. The number of amides is 1. The Labute approximate surface area is 193 Å². The lowest BCUT2D eigenvalue weighted by Gasteiger charge is -2.26. The normalized spacial score (nSPS) is 15.5. The van der Waals surface area contributed by atoms with Crippen molar-refractivity contribution >= 4 is 32.9 Å². The van der Waals surface area contributed by atoms with Gasteiger partial charge in [-0.2, -0.15) is 4.31 Å². The van der Waals surface area contributed by atoms with Crippen LogP contribution in [0.25, 0.3) is 11.0 Å². The number of aromatic nitrogens is 2. The lowest BCUT2D eigenvalue weighted by molar-refractivity contribution is 0.0730. The Balaban J connectivity index is 1.73. The number of ether oxygens (including phenoxy) is 2. The van der Waals surface area contributed by atoms with E-state index in [4.69, 9.17) is 9.47 Å². The van der Waals surface area contributed by atoms with Crippen LogP contribution >= 0.6 is 0 Å². The van der Waals surface area contributed by atoms with E-state index in [1.165, 1.54) is 29.6 Å². The van der Waals surface area contributed by atoms with E-state index in [9.17, 15) is 13.2 Å². The molecule has 0 bridgehead atoms. The number of rotatable bonds is 5. The van der Waals surface area contributed by atoms with E-state index in [2.05, 4.69) is 10.3 Å². The number of nitrogens with one attached hydrogen (secondary N) is 1. The second-order valence-electron chi connectivity index (χ2n) is 8.76. The van der Waals surface area contributed by atoms with Gasteiger partial charge in [0.05, 0.1) is 41.8 Å². The summed E-state index contributed by atoms with van der Waals surface area (Å²) in [6.07, 6.45) is 0. The van der Waals surface area contributed by atoms with Crippen LogP contribution < -0.4 is 10.1 Å². The van der Waals surface area contributed by atoms with Gasteiger partial charge in [-0.25, -0.2) is 13.4 Å². The van der Waals surface area contributed by atoms with Crippen molar-refractivity contribution in [3.8, 4) is 5.75 Å². The van der Waals surface area contributed by atoms with Gasteiger partial charge in [0, 0.05) is 18.6 Å². The maximum absolute atomic E-state index is 13.3. The third-order valence-corrected chi connectivity index (χ3v) is 7.37. The number of nitrogens with zero attached hydrogens (tertiary/aromatic N) is 3. The summed E-state index contributed by atoms with van der Waals surface area (Å²) in [7, 11) is -2.33. The van der Waals surface area contributed by atoms with E-state index in [1.807, 2.05) is 49.6 Å². The minimum absolute atomic E-state index is 0.0275. The Morgan fingerprint density at radius 1 is 1.12 bits per heavy atom. The van der Waals surface area contributed by atoms with Gasteiger partial charge in [-0.05, 0) is 51.1 Å². The van der Waals surface area contributed by atoms with Crippen molar-refractivity contribution in [3.05, 3.63) is 48.0 Å². The fraction of sp³-hybridized carbons (Fsp3) is 0.391. The molecule has 9 nitrogen and oxygen atoms in total. The van der Waals surface area contributed by atoms with Gasteiger partial charge in [0.25, 0.3) is 5.91 Å². The van der Waals surface area contributed by atoms with Crippen LogP contribution in [0.4, 0.5) is 5.95 Å². The van der Waals surface area contributed by atoms with Gasteiger partial charge in [0.1, 0.15) is 5.75 Å². The van der Waals surface area contributed by atoms with E-state index in [0.717, 1.165) is 11.0 Å². The highest BCUT2D eigenvalue weighted by molar-refractivity contribution is 7.89. The first-order chi connectivity index (χ1) is 15.6. The predicted octanol–water partition coefficient (Wildman–Crippen LogP) is 3.07. The number of para-hydroxylation sites is 2. The molecule has 1 saturated heterocycles. The number of methoxy groups -OCH3 is 1. The van der Waals surface area contributed by atoms with Crippen LogP contribution in [0.3, 0.4) is 0 Å². The first kappa shape index (κ1) is 23.2. The molecule has 0 atom stereocenters. The third-order valence-electron chi connectivity index (χ3n) is 5.48. The fourth-order valence-corrected chi connectivity index (χ4v) is 5.35. The number of morpholine rings is 1. The molecule has 176 valence electrons. The maximum Gasteiger partial charge on any atom is 0.261 e. The Kier molecular flexibility index (Phi) is 6.17. The molecule has 0 spiro atoms. The Morgan fingerprint density at radius 2 is 1.82 bits per heavy atom. The number of imidazole rings is 1. The molecule has 1 amide bonds. The highest BCUT2D eigenvalue weighted by Gasteiger charge is 2.29. The fourth-order valence-electron chi connectivity index (χ4n) is 3.92. The van der Waals surface area contributed by atoms with Crippen molar-refractivity contribution in [3.63, 3.8) is 0 Å². The molecule has 0 unspecified atom stereocenters. The summed E-state index contributed by atoms with van der Waals surface area (Å²) in [6, 6.07) is 11.9. The van der Waals surface area contributed by atoms with Gasteiger partial charge in [0.15, 0.2) is 0 Å². The van der Waals surface area contributed by atoms with Crippen LogP contribution in [0.2, 0.25) is 0 Å². The van der Waals surface area contributed by atoms with Gasteiger partial charge in [0.2, 0.25) is 16.0 Å². The molecule has 0 aliphatic carbocycles. The molecule has 0 saturated carbocycles. The number of anilines is 1. The summed E-state index contributed by atoms with van der Waals surface area (Å²) in [5.74, 6) is 0.135.